The summed E-state index contributed by atoms with van der Waals surface area (Å²) < 4.78 is 4.76. The van der Waals surface area contributed by atoms with Crippen LogP contribution in [0.15, 0.2) is 35.8 Å². The molecule has 0 aliphatic carbocycles. The van der Waals surface area contributed by atoms with Gasteiger partial charge in [0.2, 0.25) is 0 Å². The Kier molecular flexibility index (Phi) is 4.67. The zero-order chi connectivity index (χ0) is 14.4. The van der Waals surface area contributed by atoms with E-state index in [1.54, 1.807) is 42.8 Å². The minimum Gasteiger partial charge on any atom is -0.450 e. The summed E-state index contributed by atoms with van der Waals surface area (Å²) in [5.41, 5.74) is 1.05. The van der Waals surface area contributed by atoms with E-state index in [1.165, 1.54) is 11.3 Å². The lowest BCUT2D eigenvalue weighted by atomic mass is 10.2. The summed E-state index contributed by atoms with van der Waals surface area (Å²) in [5, 5.41) is 7.55. The maximum atomic E-state index is 11.9. The van der Waals surface area contributed by atoms with Crippen molar-refractivity contribution in [3.63, 3.8) is 0 Å². The molecular weight excluding hydrogens is 278 g/mol. The Morgan fingerprint density at radius 2 is 2.00 bits per heavy atom. The van der Waals surface area contributed by atoms with E-state index in [-0.39, 0.29) is 5.91 Å². The number of hydrogen-bond acceptors (Lipinski definition) is 5. The smallest absolute Gasteiger partial charge is 0.411 e. The maximum absolute atomic E-state index is 11.9. The minimum absolute atomic E-state index is 0.248. The van der Waals surface area contributed by atoms with E-state index in [2.05, 4.69) is 15.6 Å². The predicted octanol–water partition coefficient (Wildman–Crippen LogP) is 2.96. The SMILES string of the molecule is CCOC(=O)Nc1ccc(C(=O)Nc2nccs2)cc1. The average Bonchev–Trinajstić information content (AvgIpc) is 2.92. The summed E-state index contributed by atoms with van der Waals surface area (Å²) in [6.45, 7) is 2.03. The third-order valence-corrected chi connectivity index (χ3v) is 3.01. The lowest BCUT2D eigenvalue weighted by Gasteiger charge is -2.06. The summed E-state index contributed by atoms with van der Waals surface area (Å²) in [7, 11) is 0. The second kappa shape index (κ2) is 6.67. The van der Waals surface area contributed by atoms with E-state index < -0.39 is 6.09 Å². The van der Waals surface area contributed by atoms with Crippen LogP contribution in [0.4, 0.5) is 15.6 Å². The van der Waals surface area contributed by atoms with Crippen LogP contribution in [0.1, 0.15) is 17.3 Å². The van der Waals surface area contributed by atoms with E-state index >= 15 is 0 Å². The molecule has 2 amide bonds. The van der Waals surface area contributed by atoms with Crippen molar-refractivity contribution in [3.8, 4) is 0 Å². The number of nitrogens with zero attached hydrogens (tertiary/aromatic N) is 1. The van der Waals surface area contributed by atoms with Crippen molar-refractivity contribution in [3.05, 3.63) is 41.4 Å². The fourth-order valence-electron chi connectivity index (χ4n) is 1.44. The molecule has 0 unspecified atom stereocenters. The van der Waals surface area contributed by atoms with Gasteiger partial charge in [0.05, 0.1) is 6.61 Å². The Hall–Kier alpha value is -2.41. The molecule has 0 spiro atoms. The number of thiazole rings is 1. The molecule has 104 valence electrons. The van der Waals surface area contributed by atoms with Crippen molar-refractivity contribution in [2.45, 2.75) is 6.92 Å². The second-order valence-electron chi connectivity index (χ2n) is 3.71. The van der Waals surface area contributed by atoms with Crippen LogP contribution in [0.25, 0.3) is 0 Å². The van der Waals surface area contributed by atoms with Crippen LogP contribution in [-0.2, 0) is 4.74 Å². The number of amides is 2. The molecule has 2 N–H and O–H groups in total. The third kappa shape index (κ3) is 3.79. The van der Waals surface area contributed by atoms with E-state index in [4.69, 9.17) is 4.74 Å². The van der Waals surface area contributed by atoms with Gasteiger partial charge in [0, 0.05) is 22.8 Å². The van der Waals surface area contributed by atoms with Crippen LogP contribution in [0.5, 0.6) is 0 Å². The highest BCUT2D eigenvalue weighted by molar-refractivity contribution is 7.13. The number of rotatable bonds is 4. The van der Waals surface area contributed by atoms with Crippen molar-refractivity contribution in [2.75, 3.05) is 17.2 Å². The predicted molar refractivity (Wildman–Crippen MR) is 77.2 cm³/mol. The van der Waals surface area contributed by atoms with Crippen LogP contribution in [0.3, 0.4) is 0 Å². The van der Waals surface area contributed by atoms with Gasteiger partial charge >= 0.3 is 6.09 Å². The first-order valence-electron chi connectivity index (χ1n) is 5.93. The zero-order valence-corrected chi connectivity index (χ0v) is 11.6. The Balaban J connectivity index is 1.97. The fraction of sp³-hybridized carbons (Fsp3) is 0.154. The molecule has 1 aromatic heterocycles. The molecule has 2 rings (SSSR count). The Morgan fingerprint density at radius 3 is 2.60 bits per heavy atom. The molecule has 20 heavy (non-hydrogen) atoms. The van der Waals surface area contributed by atoms with Gasteiger partial charge in [-0.05, 0) is 31.2 Å². The van der Waals surface area contributed by atoms with E-state index in [1.807, 2.05) is 0 Å². The van der Waals surface area contributed by atoms with Crippen molar-refractivity contribution < 1.29 is 14.3 Å². The molecule has 0 radical (unpaired) electrons. The Morgan fingerprint density at radius 1 is 1.25 bits per heavy atom. The van der Waals surface area contributed by atoms with Gasteiger partial charge in [-0.25, -0.2) is 9.78 Å². The fourth-order valence-corrected chi connectivity index (χ4v) is 1.97. The average molecular weight is 291 g/mol. The zero-order valence-electron chi connectivity index (χ0n) is 10.8. The molecule has 0 saturated carbocycles. The van der Waals surface area contributed by atoms with Gasteiger partial charge in [-0.2, -0.15) is 0 Å². The van der Waals surface area contributed by atoms with Crippen molar-refractivity contribution in [2.24, 2.45) is 0 Å². The summed E-state index contributed by atoms with van der Waals surface area (Å²) in [5.74, 6) is -0.248. The lowest BCUT2D eigenvalue weighted by molar-refractivity contribution is 0.102. The number of benzene rings is 1. The first-order valence-corrected chi connectivity index (χ1v) is 6.81. The molecule has 2 aromatic rings. The van der Waals surface area contributed by atoms with Gasteiger partial charge in [-0.1, -0.05) is 0 Å². The number of carbonyl (C=O) groups is 2. The molecule has 7 heteroatoms. The van der Waals surface area contributed by atoms with Gasteiger partial charge in [-0.15, -0.1) is 11.3 Å². The van der Waals surface area contributed by atoms with E-state index in [0.29, 0.717) is 23.0 Å². The number of nitrogens with one attached hydrogen (secondary N) is 2. The Bertz CT molecular complexity index is 581. The monoisotopic (exact) mass is 291 g/mol. The van der Waals surface area contributed by atoms with Crippen LogP contribution in [-0.4, -0.2) is 23.6 Å². The number of ether oxygens (including phenoxy) is 1. The number of hydrogen-bond donors (Lipinski definition) is 2. The van der Waals surface area contributed by atoms with E-state index in [9.17, 15) is 9.59 Å². The highest BCUT2D eigenvalue weighted by Crippen LogP contribution is 2.14. The summed E-state index contributed by atoms with van der Waals surface area (Å²) in [6, 6.07) is 6.50. The maximum Gasteiger partial charge on any atom is 0.411 e. The summed E-state index contributed by atoms with van der Waals surface area (Å²) in [6.07, 6.45) is 1.10. The third-order valence-electron chi connectivity index (χ3n) is 2.32. The van der Waals surface area contributed by atoms with Crippen molar-refractivity contribution >= 4 is 34.2 Å². The molecule has 0 aliphatic rings. The van der Waals surface area contributed by atoms with Gasteiger partial charge in [0.1, 0.15) is 0 Å². The van der Waals surface area contributed by atoms with Gasteiger partial charge in [0.25, 0.3) is 5.91 Å². The lowest BCUT2D eigenvalue weighted by Crippen LogP contribution is -2.14. The molecular formula is C13H13N3O3S. The van der Waals surface area contributed by atoms with Crippen LogP contribution >= 0.6 is 11.3 Å². The molecule has 0 aliphatic heterocycles. The van der Waals surface area contributed by atoms with Crippen LogP contribution in [0.2, 0.25) is 0 Å². The Labute approximate surface area is 119 Å². The topological polar surface area (TPSA) is 80.3 Å². The highest BCUT2D eigenvalue weighted by atomic mass is 32.1. The molecule has 1 heterocycles. The molecule has 0 fully saturated rings. The van der Waals surface area contributed by atoms with E-state index in [0.717, 1.165) is 0 Å². The van der Waals surface area contributed by atoms with Crippen molar-refractivity contribution in [1.82, 2.24) is 4.98 Å². The largest absolute Gasteiger partial charge is 0.450 e. The highest BCUT2D eigenvalue weighted by Gasteiger charge is 2.08. The quantitative estimate of drug-likeness (QED) is 0.907. The minimum atomic E-state index is -0.521. The van der Waals surface area contributed by atoms with Crippen LogP contribution < -0.4 is 10.6 Å². The number of anilines is 2. The molecule has 0 atom stereocenters. The molecule has 0 saturated heterocycles. The summed E-state index contributed by atoms with van der Waals surface area (Å²) in [4.78, 5) is 27.1. The van der Waals surface area contributed by atoms with Crippen molar-refractivity contribution in [1.29, 1.82) is 0 Å². The normalized spacial score (nSPS) is 9.85. The number of aromatic nitrogens is 1. The second-order valence-corrected chi connectivity index (χ2v) is 4.61. The summed E-state index contributed by atoms with van der Waals surface area (Å²) >= 11 is 1.35. The first-order chi connectivity index (χ1) is 9.69. The van der Waals surface area contributed by atoms with Gasteiger partial charge < -0.3 is 4.74 Å². The molecule has 6 nitrogen and oxygen atoms in total. The number of carbonyl (C=O) groups excluding carboxylic acids is 2. The van der Waals surface area contributed by atoms with Gasteiger partial charge in [-0.3, -0.25) is 15.4 Å². The van der Waals surface area contributed by atoms with Crippen LogP contribution in [0, 0.1) is 0 Å². The molecule has 0 bridgehead atoms. The molecule has 1 aromatic carbocycles. The van der Waals surface area contributed by atoms with Gasteiger partial charge in [0.15, 0.2) is 5.13 Å². The standard InChI is InChI=1S/C13H13N3O3S/c1-2-19-13(18)15-10-5-3-9(4-6-10)11(17)16-12-14-7-8-20-12/h3-8H,2H2,1H3,(H,15,18)(H,14,16,17). The first kappa shape index (κ1) is 14.0.